The van der Waals surface area contributed by atoms with Gasteiger partial charge in [-0.25, -0.2) is 0 Å². The molecule has 0 saturated heterocycles. The third kappa shape index (κ3) is 3.32. The van der Waals surface area contributed by atoms with Gasteiger partial charge in [-0.1, -0.05) is 6.92 Å². The van der Waals surface area contributed by atoms with E-state index in [1.807, 2.05) is 0 Å². The molecule has 76 valence electrons. The van der Waals surface area contributed by atoms with Crippen molar-refractivity contribution in [3.63, 3.8) is 0 Å². The van der Waals surface area contributed by atoms with Gasteiger partial charge >= 0.3 is 5.97 Å². The molecule has 1 atom stereocenters. The van der Waals surface area contributed by atoms with Crippen molar-refractivity contribution in [2.45, 2.75) is 38.3 Å². The first-order valence-electron chi connectivity index (χ1n) is 4.87. The maximum atomic E-state index is 10.4. The summed E-state index contributed by atoms with van der Waals surface area (Å²) in [6.45, 7) is 3.91. The van der Waals surface area contributed by atoms with Gasteiger partial charge in [-0.2, -0.15) is 0 Å². The van der Waals surface area contributed by atoms with Gasteiger partial charge in [0.1, 0.15) is 6.04 Å². The molecule has 0 aromatic heterocycles. The monoisotopic (exact) mass is 186 g/mol. The van der Waals surface area contributed by atoms with Gasteiger partial charge in [-0.3, -0.25) is 4.79 Å². The second kappa shape index (κ2) is 4.58. The van der Waals surface area contributed by atoms with E-state index in [0.717, 1.165) is 13.1 Å². The van der Waals surface area contributed by atoms with Crippen molar-refractivity contribution in [3.8, 4) is 0 Å². The number of carboxylic acids is 1. The van der Waals surface area contributed by atoms with Crippen LogP contribution in [0, 0.1) is 0 Å². The van der Waals surface area contributed by atoms with E-state index in [4.69, 9.17) is 10.8 Å². The highest BCUT2D eigenvalue weighted by molar-refractivity contribution is 5.72. The first kappa shape index (κ1) is 10.5. The molecule has 3 N–H and O–H groups in total. The summed E-state index contributed by atoms with van der Waals surface area (Å²) in [6, 6.07) is -0.00112. The number of rotatable bonds is 6. The number of aliphatic carboxylic acids is 1. The van der Waals surface area contributed by atoms with Gasteiger partial charge in [0, 0.05) is 12.6 Å². The molecular formula is C9H18N2O2. The van der Waals surface area contributed by atoms with Crippen LogP contribution in [0.1, 0.15) is 26.2 Å². The van der Waals surface area contributed by atoms with E-state index in [0.29, 0.717) is 12.5 Å². The minimum atomic E-state index is -0.896. The molecule has 0 aliphatic heterocycles. The molecule has 1 saturated carbocycles. The average molecular weight is 186 g/mol. The van der Waals surface area contributed by atoms with Gasteiger partial charge in [0.05, 0.1) is 0 Å². The lowest BCUT2D eigenvalue weighted by Crippen LogP contribution is -2.36. The number of hydrogen-bond acceptors (Lipinski definition) is 3. The molecule has 0 radical (unpaired) electrons. The molecule has 1 rings (SSSR count). The number of carboxylic acid groups (broad SMARTS) is 1. The Labute approximate surface area is 78.7 Å². The smallest absolute Gasteiger partial charge is 0.320 e. The van der Waals surface area contributed by atoms with Crippen LogP contribution >= 0.6 is 0 Å². The molecule has 1 unspecified atom stereocenters. The predicted octanol–water partition coefficient (Wildman–Crippen LogP) is 0.273. The minimum absolute atomic E-state index is 0.555. The Morgan fingerprint density at radius 2 is 2.31 bits per heavy atom. The topological polar surface area (TPSA) is 66.6 Å². The minimum Gasteiger partial charge on any atom is -0.480 e. The molecule has 0 spiro atoms. The van der Waals surface area contributed by atoms with Crippen molar-refractivity contribution in [2.24, 2.45) is 5.73 Å². The largest absolute Gasteiger partial charge is 0.480 e. The molecule has 13 heavy (non-hydrogen) atoms. The first-order valence-corrected chi connectivity index (χ1v) is 4.87. The third-order valence-electron chi connectivity index (χ3n) is 2.51. The van der Waals surface area contributed by atoms with Gasteiger partial charge in [-0.15, -0.1) is 0 Å². The van der Waals surface area contributed by atoms with Crippen molar-refractivity contribution in [3.05, 3.63) is 0 Å². The molecule has 0 bridgehead atoms. The molecule has 4 nitrogen and oxygen atoms in total. The number of hydrogen-bond donors (Lipinski definition) is 2. The van der Waals surface area contributed by atoms with Gasteiger partial charge < -0.3 is 15.7 Å². The second-order valence-electron chi connectivity index (χ2n) is 3.59. The number of nitrogens with two attached hydrogens (primary N) is 1. The van der Waals surface area contributed by atoms with E-state index in [2.05, 4.69) is 11.8 Å². The van der Waals surface area contributed by atoms with E-state index >= 15 is 0 Å². The molecule has 0 aromatic rings. The fourth-order valence-electron chi connectivity index (χ4n) is 1.47. The van der Waals surface area contributed by atoms with Crippen LogP contribution in [0.2, 0.25) is 0 Å². The summed E-state index contributed by atoms with van der Waals surface area (Å²) in [5.41, 5.74) is 5.41. The summed E-state index contributed by atoms with van der Waals surface area (Å²) in [5, 5.41) is 8.58. The highest BCUT2D eigenvalue weighted by Crippen LogP contribution is 2.26. The first-order chi connectivity index (χ1) is 6.15. The number of nitrogens with zero attached hydrogens (tertiary/aromatic N) is 1. The quantitative estimate of drug-likeness (QED) is 0.625. The Kier molecular flexibility index (Phi) is 3.69. The van der Waals surface area contributed by atoms with Crippen LogP contribution in [-0.2, 0) is 4.79 Å². The van der Waals surface area contributed by atoms with Gasteiger partial charge in [-0.05, 0) is 25.8 Å². The molecule has 4 heteroatoms. The van der Waals surface area contributed by atoms with Crippen molar-refractivity contribution in [1.29, 1.82) is 0 Å². The Balaban J connectivity index is 2.18. The van der Waals surface area contributed by atoms with Crippen LogP contribution < -0.4 is 5.73 Å². The van der Waals surface area contributed by atoms with Crippen molar-refractivity contribution >= 4 is 5.97 Å². The molecule has 1 aliphatic carbocycles. The zero-order valence-electron chi connectivity index (χ0n) is 8.07. The van der Waals surface area contributed by atoms with Crippen LogP contribution in [0.3, 0.4) is 0 Å². The van der Waals surface area contributed by atoms with Crippen LogP contribution in [0.5, 0.6) is 0 Å². The van der Waals surface area contributed by atoms with E-state index in [-0.39, 0.29) is 0 Å². The van der Waals surface area contributed by atoms with Gasteiger partial charge in [0.15, 0.2) is 0 Å². The fourth-order valence-corrected chi connectivity index (χ4v) is 1.47. The Morgan fingerprint density at radius 3 is 2.69 bits per heavy atom. The Hall–Kier alpha value is -0.610. The summed E-state index contributed by atoms with van der Waals surface area (Å²) in [6.07, 6.45) is 3.08. The Bertz CT molecular complexity index is 180. The van der Waals surface area contributed by atoms with E-state index in [9.17, 15) is 4.79 Å². The van der Waals surface area contributed by atoms with Crippen LogP contribution in [0.15, 0.2) is 0 Å². The van der Waals surface area contributed by atoms with Crippen LogP contribution in [0.25, 0.3) is 0 Å². The normalized spacial score (nSPS) is 19.0. The summed E-state index contributed by atoms with van der Waals surface area (Å²) < 4.78 is 0. The second-order valence-corrected chi connectivity index (χ2v) is 3.59. The lowest BCUT2D eigenvalue weighted by molar-refractivity contribution is -0.138. The molecule has 1 fully saturated rings. The highest BCUT2D eigenvalue weighted by atomic mass is 16.4. The van der Waals surface area contributed by atoms with Gasteiger partial charge in [0.2, 0.25) is 0 Å². The summed E-state index contributed by atoms with van der Waals surface area (Å²) in [5.74, 6) is -0.896. The summed E-state index contributed by atoms with van der Waals surface area (Å²) >= 11 is 0. The summed E-state index contributed by atoms with van der Waals surface area (Å²) in [4.78, 5) is 12.8. The lowest BCUT2D eigenvalue weighted by atomic mass is 10.2. The molecule has 0 heterocycles. The maximum absolute atomic E-state index is 10.4. The number of carbonyl (C=O) groups is 1. The zero-order valence-corrected chi connectivity index (χ0v) is 8.07. The molecule has 1 aliphatic rings. The molecular weight excluding hydrogens is 168 g/mol. The highest BCUT2D eigenvalue weighted by Gasteiger charge is 2.28. The van der Waals surface area contributed by atoms with Crippen LogP contribution in [-0.4, -0.2) is 41.1 Å². The standard InChI is InChI=1S/C9H18N2O2/c1-2-11(7-3-4-7)6-5-8(10)9(12)13/h7-8H,2-6,10H2,1H3,(H,12,13). The van der Waals surface area contributed by atoms with Crippen molar-refractivity contribution < 1.29 is 9.90 Å². The summed E-state index contributed by atoms with van der Waals surface area (Å²) in [7, 11) is 0. The van der Waals surface area contributed by atoms with E-state index in [1.54, 1.807) is 0 Å². The average Bonchev–Trinajstić information content (AvgIpc) is 2.88. The van der Waals surface area contributed by atoms with E-state index in [1.165, 1.54) is 12.8 Å². The van der Waals surface area contributed by atoms with E-state index < -0.39 is 12.0 Å². The fraction of sp³-hybridized carbons (Fsp3) is 0.889. The predicted molar refractivity (Wildman–Crippen MR) is 50.5 cm³/mol. The SMILES string of the molecule is CCN(CCC(N)C(=O)O)C1CC1. The zero-order chi connectivity index (χ0) is 9.84. The third-order valence-corrected chi connectivity index (χ3v) is 2.51. The maximum Gasteiger partial charge on any atom is 0.320 e. The molecule has 0 aromatic carbocycles. The van der Waals surface area contributed by atoms with Crippen molar-refractivity contribution in [1.82, 2.24) is 4.90 Å². The molecule has 0 amide bonds. The van der Waals surface area contributed by atoms with Gasteiger partial charge in [0.25, 0.3) is 0 Å². The Morgan fingerprint density at radius 1 is 1.69 bits per heavy atom. The lowest BCUT2D eigenvalue weighted by Gasteiger charge is -2.20. The van der Waals surface area contributed by atoms with Crippen molar-refractivity contribution in [2.75, 3.05) is 13.1 Å². The van der Waals surface area contributed by atoms with Crippen LogP contribution in [0.4, 0.5) is 0 Å².